The quantitative estimate of drug-likeness (QED) is 0.129. The van der Waals surface area contributed by atoms with Gasteiger partial charge in [0.1, 0.15) is 0 Å². The summed E-state index contributed by atoms with van der Waals surface area (Å²) in [6, 6.07) is 63.5. The largest absolute Gasteiger partial charge is 0.0616 e. The second-order valence-electron chi connectivity index (χ2n) is 14.8. The first-order chi connectivity index (χ1) is 25.1. The zero-order valence-electron chi connectivity index (χ0n) is 28.7. The van der Waals surface area contributed by atoms with Crippen LogP contribution in [0.1, 0.15) is 25.0 Å². The van der Waals surface area contributed by atoms with Gasteiger partial charge in [0.2, 0.25) is 0 Å². The highest BCUT2D eigenvalue weighted by atomic mass is 14.4. The van der Waals surface area contributed by atoms with Crippen molar-refractivity contribution in [2.75, 3.05) is 0 Å². The van der Waals surface area contributed by atoms with Crippen molar-refractivity contribution in [1.29, 1.82) is 0 Å². The van der Waals surface area contributed by atoms with Gasteiger partial charge in [0.25, 0.3) is 0 Å². The molecule has 0 atom stereocenters. The van der Waals surface area contributed by atoms with Crippen molar-refractivity contribution in [3.8, 4) is 33.4 Å². The van der Waals surface area contributed by atoms with Crippen LogP contribution in [0.25, 0.3) is 98.0 Å². The summed E-state index contributed by atoms with van der Waals surface area (Å²) in [6.45, 7) is 4.86. The molecule has 0 amide bonds. The van der Waals surface area contributed by atoms with Crippen LogP contribution in [0.4, 0.5) is 0 Å². The lowest BCUT2D eigenvalue weighted by atomic mass is 9.77. The summed E-state index contributed by atoms with van der Waals surface area (Å²) in [7, 11) is 0. The molecule has 0 saturated heterocycles. The second-order valence-corrected chi connectivity index (χ2v) is 14.8. The molecule has 1 aliphatic carbocycles. The summed E-state index contributed by atoms with van der Waals surface area (Å²) in [6.07, 6.45) is 0. The van der Waals surface area contributed by atoms with E-state index in [9.17, 15) is 0 Å². The summed E-state index contributed by atoms with van der Waals surface area (Å²) < 4.78 is 0. The molecular weight excluding hydrogens is 613 g/mol. The molecule has 0 aliphatic heterocycles. The van der Waals surface area contributed by atoms with E-state index in [0.717, 1.165) is 0 Å². The third kappa shape index (κ3) is 3.91. The Kier molecular flexibility index (Phi) is 5.82. The van der Waals surface area contributed by atoms with Crippen LogP contribution in [-0.4, -0.2) is 0 Å². The smallest absolute Gasteiger partial charge is 0.0171 e. The van der Waals surface area contributed by atoms with Gasteiger partial charge in [0.15, 0.2) is 0 Å². The molecule has 0 nitrogen and oxygen atoms in total. The molecule has 0 heteroatoms. The van der Waals surface area contributed by atoms with Gasteiger partial charge in [-0.2, -0.15) is 0 Å². The lowest BCUT2D eigenvalue weighted by Crippen LogP contribution is -2.16. The van der Waals surface area contributed by atoms with Gasteiger partial charge in [-0.15, -0.1) is 0 Å². The summed E-state index contributed by atoms with van der Waals surface area (Å²) >= 11 is 0. The van der Waals surface area contributed by atoms with Crippen LogP contribution in [-0.2, 0) is 5.41 Å². The molecule has 10 aromatic carbocycles. The first-order valence-electron chi connectivity index (χ1n) is 18.0. The molecule has 10 aromatic rings. The third-order valence-corrected chi connectivity index (χ3v) is 11.7. The van der Waals surface area contributed by atoms with Crippen molar-refractivity contribution >= 4 is 64.6 Å². The molecule has 11 rings (SSSR count). The fraction of sp³-hybridized carbons (Fsp3) is 0.0588. The highest BCUT2D eigenvalue weighted by Crippen LogP contribution is 2.56. The van der Waals surface area contributed by atoms with Crippen molar-refractivity contribution < 1.29 is 0 Å². The number of fused-ring (bicyclic) bond motifs is 13. The molecule has 0 aromatic heterocycles. The van der Waals surface area contributed by atoms with Crippen molar-refractivity contribution in [1.82, 2.24) is 0 Å². The average Bonchev–Trinajstić information content (AvgIpc) is 3.43. The van der Waals surface area contributed by atoms with Crippen molar-refractivity contribution in [3.63, 3.8) is 0 Å². The van der Waals surface area contributed by atoms with Crippen LogP contribution >= 0.6 is 0 Å². The summed E-state index contributed by atoms with van der Waals surface area (Å²) in [5, 5.41) is 15.7. The first kappa shape index (κ1) is 28.6. The summed E-state index contributed by atoms with van der Waals surface area (Å²) in [5.41, 5.74) is 10.6. The molecule has 238 valence electrons. The Morgan fingerprint density at radius 3 is 1.33 bits per heavy atom. The van der Waals surface area contributed by atoms with E-state index in [0.29, 0.717) is 0 Å². The SMILES string of the molecule is CC1(C)c2c(ccc3cc(-c4c5ccccc5c(-c5ccc6ccccc6c5)c5ccccc45)ccc23)-c2c1c1ccccc1c1ccccc21. The predicted molar refractivity (Wildman–Crippen MR) is 220 cm³/mol. The third-order valence-electron chi connectivity index (χ3n) is 11.7. The molecule has 51 heavy (non-hydrogen) atoms. The molecule has 0 N–H and O–H groups in total. The van der Waals surface area contributed by atoms with Crippen LogP contribution in [0.2, 0.25) is 0 Å². The number of hydrogen-bond donors (Lipinski definition) is 0. The molecule has 0 bridgehead atoms. The van der Waals surface area contributed by atoms with Gasteiger partial charge in [0.05, 0.1) is 0 Å². The average molecular weight is 647 g/mol. The Hall–Kier alpha value is -6.24. The summed E-state index contributed by atoms with van der Waals surface area (Å²) in [4.78, 5) is 0. The Balaban J connectivity index is 1.17. The molecule has 1 aliphatic rings. The normalized spacial score (nSPS) is 13.5. The van der Waals surface area contributed by atoms with E-state index in [1.807, 2.05) is 0 Å². The molecule has 0 unspecified atom stereocenters. The van der Waals surface area contributed by atoms with Crippen LogP contribution < -0.4 is 0 Å². The van der Waals surface area contributed by atoms with Gasteiger partial charge < -0.3 is 0 Å². The minimum absolute atomic E-state index is 0.157. The van der Waals surface area contributed by atoms with Crippen LogP contribution in [0.15, 0.2) is 170 Å². The van der Waals surface area contributed by atoms with E-state index in [1.54, 1.807) is 0 Å². The lowest BCUT2D eigenvalue weighted by Gasteiger charge is -2.25. The Bertz CT molecular complexity index is 3050. The lowest BCUT2D eigenvalue weighted by molar-refractivity contribution is 0.672. The van der Waals surface area contributed by atoms with Gasteiger partial charge in [-0.25, -0.2) is 0 Å². The van der Waals surface area contributed by atoms with Gasteiger partial charge in [-0.1, -0.05) is 172 Å². The van der Waals surface area contributed by atoms with Crippen LogP contribution in [0.5, 0.6) is 0 Å². The first-order valence-corrected chi connectivity index (χ1v) is 18.0. The molecule has 0 heterocycles. The fourth-order valence-electron chi connectivity index (χ4n) is 9.66. The minimum Gasteiger partial charge on any atom is -0.0616 e. The monoisotopic (exact) mass is 646 g/mol. The summed E-state index contributed by atoms with van der Waals surface area (Å²) in [5.74, 6) is 0. The standard InChI is InChI=1S/C51H34/c1-51(2)49-36-27-26-35(30-33(36)25-28-45(49)48-39-17-7-5-15-37(39)38-16-6-12-22-44(38)50(48)51)47-42-20-10-8-18-40(42)46(41-19-9-11-21-43(41)47)34-24-23-31-13-3-4-14-32(31)29-34/h3-30H,1-2H3. The Labute approximate surface area is 297 Å². The van der Waals surface area contributed by atoms with Crippen molar-refractivity contribution in [2.45, 2.75) is 19.3 Å². The molecule has 0 radical (unpaired) electrons. The van der Waals surface area contributed by atoms with Crippen molar-refractivity contribution in [3.05, 3.63) is 181 Å². The van der Waals surface area contributed by atoms with Gasteiger partial charge in [-0.3, -0.25) is 0 Å². The second kappa shape index (κ2) is 10.4. The number of benzene rings is 10. The number of hydrogen-bond acceptors (Lipinski definition) is 0. The maximum absolute atomic E-state index is 2.44. The molecule has 0 spiro atoms. The van der Waals surface area contributed by atoms with Gasteiger partial charge in [0, 0.05) is 5.41 Å². The maximum Gasteiger partial charge on any atom is 0.0171 e. The zero-order valence-corrected chi connectivity index (χ0v) is 28.7. The number of rotatable bonds is 2. The van der Waals surface area contributed by atoms with Gasteiger partial charge in [-0.05, 0) is 121 Å². The van der Waals surface area contributed by atoms with Crippen LogP contribution in [0.3, 0.4) is 0 Å². The highest BCUT2D eigenvalue weighted by Gasteiger charge is 2.39. The van der Waals surface area contributed by atoms with Crippen LogP contribution in [0, 0.1) is 0 Å². The fourth-order valence-corrected chi connectivity index (χ4v) is 9.66. The van der Waals surface area contributed by atoms with E-state index in [1.165, 1.54) is 109 Å². The highest BCUT2D eigenvalue weighted by molar-refractivity contribution is 6.23. The molecule has 0 saturated carbocycles. The zero-order chi connectivity index (χ0) is 33.8. The van der Waals surface area contributed by atoms with E-state index in [-0.39, 0.29) is 5.41 Å². The molecular formula is C51H34. The Morgan fingerprint density at radius 1 is 0.294 bits per heavy atom. The topological polar surface area (TPSA) is 0 Å². The van der Waals surface area contributed by atoms with E-state index >= 15 is 0 Å². The predicted octanol–water partition coefficient (Wildman–Crippen LogP) is 14.2. The van der Waals surface area contributed by atoms with E-state index in [2.05, 4.69) is 184 Å². The van der Waals surface area contributed by atoms with Crippen molar-refractivity contribution in [2.24, 2.45) is 0 Å². The van der Waals surface area contributed by atoms with Gasteiger partial charge >= 0.3 is 0 Å². The Morgan fingerprint density at radius 2 is 0.725 bits per heavy atom. The molecule has 0 fully saturated rings. The minimum atomic E-state index is -0.157. The van der Waals surface area contributed by atoms with E-state index in [4.69, 9.17) is 0 Å². The maximum atomic E-state index is 2.44. The van der Waals surface area contributed by atoms with E-state index < -0.39 is 0 Å².